The molecule has 2 rings (SSSR count). The summed E-state index contributed by atoms with van der Waals surface area (Å²) in [5.41, 5.74) is 6.62. The fourth-order valence-electron chi connectivity index (χ4n) is 2.44. The molecule has 1 heterocycles. The van der Waals surface area contributed by atoms with E-state index in [0.717, 1.165) is 0 Å². The summed E-state index contributed by atoms with van der Waals surface area (Å²) in [6.45, 7) is 0.920. The van der Waals surface area contributed by atoms with Crippen molar-refractivity contribution in [2.45, 2.75) is 18.4 Å². The SMILES string of the molecule is CN=C(C(=O)NC1(CO)CCOCC1)c1ccccc1N. The van der Waals surface area contributed by atoms with E-state index in [1.807, 2.05) is 0 Å². The van der Waals surface area contributed by atoms with E-state index in [9.17, 15) is 9.90 Å². The Hall–Kier alpha value is -1.92. The number of aliphatic hydroxyl groups excluding tert-OH is 1. The number of aliphatic hydroxyl groups is 1. The zero-order chi connectivity index (χ0) is 15.3. The maximum Gasteiger partial charge on any atom is 0.270 e. The highest BCUT2D eigenvalue weighted by atomic mass is 16.5. The number of hydrogen-bond donors (Lipinski definition) is 3. The van der Waals surface area contributed by atoms with Crippen molar-refractivity contribution >= 4 is 17.3 Å². The second kappa shape index (κ2) is 6.69. The molecule has 114 valence electrons. The maximum absolute atomic E-state index is 12.5. The Kier molecular flexibility index (Phi) is 4.93. The first-order valence-corrected chi connectivity index (χ1v) is 6.95. The second-order valence-electron chi connectivity index (χ2n) is 5.16. The lowest BCUT2D eigenvalue weighted by Gasteiger charge is -2.36. The lowest BCUT2D eigenvalue weighted by molar-refractivity contribution is -0.118. The Morgan fingerprint density at radius 1 is 1.43 bits per heavy atom. The molecule has 0 atom stereocenters. The summed E-state index contributed by atoms with van der Waals surface area (Å²) in [4.78, 5) is 16.6. The van der Waals surface area contributed by atoms with Gasteiger partial charge < -0.3 is 20.9 Å². The highest BCUT2D eigenvalue weighted by molar-refractivity contribution is 6.46. The summed E-state index contributed by atoms with van der Waals surface area (Å²) in [7, 11) is 1.55. The van der Waals surface area contributed by atoms with E-state index in [1.54, 1.807) is 31.3 Å². The van der Waals surface area contributed by atoms with E-state index in [4.69, 9.17) is 10.5 Å². The number of amides is 1. The molecule has 0 unspecified atom stereocenters. The van der Waals surface area contributed by atoms with Crippen LogP contribution in [-0.2, 0) is 9.53 Å². The van der Waals surface area contributed by atoms with Crippen LogP contribution in [0.15, 0.2) is 29.3 Å². The first-order chi connectivity index (χ1) is 10.1. The van der Waals surface area contributed by atoms with Gasteiger partial charge in [0.05, 0.1) is 12.1 Å². The van der Waals surface area contributed by atoms with Crippen LogP contribution in [0.2, 0.25) is 0 Å². The van der Waals surface area contributed by atoms with E-state index in [-0.39, 0.29) is 18.2 Å². The van der Waals surface area contributed by atoms with Gasteiger partial charge in [0.1, 0.15) is 5.71 Å². The second-order valence-corrected chi connectivity index (χ2v) is 5.16. The molecule has 6 nitrogen and oxygen atoms in total. The fraction of sp³-hybridized carbons (Fsp3) is 0.467. The highest BCUT2D eigenvalue weighted by Crippen LogP contribution is 2.21. The molecule has 1 aromatic rings. The summed E-state index contributed by atoms with van der Waals surface area (Å²) in [5.74, 6) is -0.327. The van der Waals surface area contributed by atoms with Crippen molar-refractivity contribution in [1.29, 1.82) is 0 Å². The molecule has 0 bridgehead atoms. The van der Waals surface area contributed by atoms with Gasteiger partial charge in [-0.05, 0) is 18.9 Å². The number of hydrogen-bond acceptors (Lipinski definition) is 5. The van der Waals surface area contributed by atoms with E-state index >= 15 is 0 Å². The van der Waals surface area contributed by atoms with Gasteiger partial charge in [-0.3, -0.25) is 9.79 Å². The monoisotopic (exact) mass is 291 g/mol. The molecule has 0 aromatic heterocycles. The molecule has 21 heavy (non-hydrogen) atoms. The van der Waals surface area contributed by atoms with E-state index in [0.29, 0.717) is 37.3 Å². The lowest BCUT2D eigenvalue weighted by atomic mass is 9.90. The Bertz CT molecular complexity index is 537. The van der Waals surface area contributed by atoms with Crippen LogP contribution in [0, 0.1) is 0 Å². The molecule has 4 N–H and O–H groups in total. The maximum atomic E-state index is 12.5. The van der Waals surface area contributed by atoms with Gasteiger partial charge in [-0.1, -0.05) is 18.2 Å². The number of benzene rings is 1. The number of anilines is 1. The number of nitrogens with zero attached hydrogens (tertiary/aromatic N) is 1. The number of carbonyl (C=O) groups is 1. The van der Waals surface area contributed by atoms with Crippen molar-refractivity contribution in [3.8, 4) is 0 Å². The minimum atomic E-state index is -0.644. The van der Waals surface area contributed by atoms with Gasteiger partial charge in [0.25, 0.3) is 5.91 Å². The van der Waals surface area contributed by atoms with Gasteiger partial charge in [0.2, 0.25) is 0 Å². The van der Waals surface area contributed by atoms with Crippen molar-refractivity contribution in [3.05, 3.63) is 29.8 Å². The van der Waals surface area contributed by atoms with Crippen LogP contribution in [-0.4, -0.2) is 49.1 Å². The summed E-state index contributed by atoms with van der Waals surface area (Å²) in [6, 6.07) is 7.09. The molecule has 1 aromatic carbocycles. The van der Waals surface area contributed by atoms with Crippen LogP contribution in [0.5, 0.6) is 0 Å². The van der Waals surface area contributed by atoms with Gasteiger partial charge in [0.15, 0.2) is 0 Å². The third kappa shape index (κ3) is 3.40. The zero-order valence-electron chi connectivity index (χ0n) is 12.1. The molecule has 1 saturated heterocycles. The normalized spacial score (nSPS) is 18.3. The quantitative estimate of drug-likeness (QED) is 0.550. The predicted molar refractivity (Wildman–Crippen MR) is 81.3 cm³/mol. The highest BCUT2D eigenvalue weighted by Gasteiger charge is 2.34. The number of rotatable bonds is 4. The zero-order valence-corrected chi connectivity index (χ0v) is 12.1. The molecule has 0 aliphatic carbocycles. The Morgan fingerprint density at radius 3 is 2.67 bits per heavy atom. The van der Waals surface area contributed by atoms with Gasteiger partial charge in [-0.25, -0.2) is 0 Å². The van der Waals surface area contributed by atoms with Crippen molar-refractivity contribution in [2.24, 2.45) is 4.99 Å². The average molecular weight is 291 g/mol. The van der Waals surface area contributed by atoms with E-state index in [1.165, 1.54) is 0 Å². The van der Waals surface area contributed by atoms with Crippen LogP contribution in [0.3, 0.4) is 0 Å². The Morgan fingerprint density at radius 2 is 2.10 bits per heavy atom. The summed E-state index contributed by atoms with van der Waals surface area (Å²) < 4.78 is 5.29. The molecule has 1 amide bonds. The van der Waals surface area contributed by atoms with Gasteiger partial charge in [-0.2, -0.15) is 0 Å². The smallest absolute Gasteiger partial charge is 0.270 e. The number of aliphatic imine (C=N–C) groups is 1. The van der Waals surface area contributed by atoms with Crippen LogP contribution >= 0.6 is 0 Å². The van der Waals surface area contributed by atoms with Crippen molar-refractivity contribution in [2.75, 3.05) is 32.6 Å². The van der Waals surface area contributed by atoms with Gasteiger partial charge in [-0.15, -0.1) is 0 Å². The minimum Gasteiger partial charge on any atom is -0.398 e. The Balaban J connectivity index is 2.20. The van der Waals surface area contributed by atoms with Crippen LogP contribution in [0.1, 0.15) is 18.4 Å². The molecular weight excluding hydrogens is 270 g/mol. The van der Waals surface area contributed by atoms with Gasteiger partial charge >= 0.3 is 0 Å². The lowest BCUT2D eigenvalue weighted by Crippen LogP contribution is -2.56. The minimum absolute atomic E-state index is 0.122. The van der Waals surface area contributed by atoms with Crippen LogP contribution < -0.4 is 11.1 Å². The molecular formula is C15H21N3O3. The topological polar surface area (TPSA) is 96.9 Å². The fourth-order valence-corrected chi connectivity index (χ4v) is 2.44. The summed E-state index contributed by atoms with van der Waals surface area (Å²) in [5, 5.41) is 12.5. The summed E-state index contributed by atoms with van der Waals surface area (Å²) in [6.07, 6.45) is 1.16. The summed E-state index contributed by atoms with van der Waals surface area (Å²) >= 11 is 0. The van der Waals surface area contributed by atoms with E-state index < -0.39 is 5.54 Å². The largest absolute Gasteiger partial charge is 0.398 e. The first kappa shape index (κ1) is 15.5. The molecule has 0 saturated carbocycles. The number of nitrogens with two attached hydrogens (primary N) is 1. The van der Waals surface area contributed by atoms with Crippen molar-refractivity contribution in [1.82, 2.24) is 5.32 Å². The molecule has 1 fully saturated rings. The number of nitrogens with one attached hydrogen (secondary N) is 1. The number of ether oxygens (including phenoxy) is 1. The number of nitrogen functional groups attached to an aromatic ring is 1. The molecule has 1 aliphatic heterocycles. The van der Waals surface area contributed by atoms with Gasteiger partial charge in [0, 0.05) is 31.5 Å². The number of carbonyl (C=O) groups excluding carboxylic acids is 1. The van der Waals surface area contributed by atoms with Crippen LogP contribution in [0.25, 0.3) is 0 Å². The average Bonchev–Trinajstić information content (AvgIpc) is 2.51. The molecule has 0 spiro atoms. The first-order valence-electron chi connectivity index (χ1n) is 6.95. The molecule has 6 heteroatoms. The van der Waals surface area contributed by atoms with Crippen molar-refractivity contribution in [3.63, 3.8) is 0 Å². The standard InChI is InChI=1S/C15H21N3O3/c1-17-13(11-4-2-3-5-12(11)16)14(20)18-15(10-19)6-8-21-9-7-15/h2-5,19H,6-10,16H2,1H3,(H,18,20). The third-order valence-corrected chi connectivity index (χ3v) is 3.79. The third-order valence-electron chi connectivity index (χ3n) is 3.79. The van der Waals surface area contributed by atoms with Crippen molar-refractivity contribution < 1.29 is 14.6 Å². The predicted octanol–water partition coefficient (Wildman–Crippen LogP) is 0.345. The Labute approximate surface area is 124 Å². The van der Waals surface area contributed by atoms with Crippen LogP contribution in [0.4, 0.5) is 5.69 Å². The van der Waals surface area contributed by atoms with E-state index in [2.05, 4.69) is 10.3 Å². The molecule has 1 aliphatic rings. The number of para-hydroxylation sites is 1. The molecule has 0 radical (unpaired) electrons.